The number of carbonyl (C=O) groups excluding carboxylic acids is 2. The lowest BCUT2D eigenvalue weighted by atomic mass is 9.91. The predicted octanol–water partition coefficient (Wildman–Crippen LogP) is 3.75. The minimum absolute atomic E-state index is 0.0462. The van der Waals surface area contributed by atoms with Crippen molar-refractivity contribution in [3.8, 4) is 11.1 Å². The largest absolute Gasteiger partial charge is 0.469 e. The Kier molecular flexibility index (Phi) is 7.50. The van der Waals surface area contributed by atoms with E-state index < -0.39 is 24.3 Å². The molecule has 172 valence electrons. The van der Waals surface area contributed by atoms with E-state index in [1.54, 1.807) is 24.3 Å². The molecule has 0 radical (unpaired) electrons. The zero-order valence-corrected chi connectivity index (χ0v) is 18.6. The highest BCUT2D eigenvalue weighted by atomic mass is 19.1. The van der Waals surface area contributed by atoms with E-state index in [9.17, 15) is 23.9 Å². The minimum Gasteiger partial charge on any atom is -0.469 e. The van der Waals surface area contributed by atoms with E-state index in [2.05, 4.69) is 14.7 Å². The summed E-state index contributed by atoms with van der Waals surface area (Å²) in [6.45, 7) is 3.88. The lowest BCUT2D eigenvalue weighted by Crippen LogP contribution is -2.15. The average molecular weight is 452 g/mol. The summed E-state index contributed by atoms with van der Waals surface area (Å²) >= 11 is 0. The van der Waals surface area contributed by atoms with Gasteiger partial charge in [-0.15, -0.1) is 0 Å². The fourth-order valence-electron chi connectivity index (χ4n) is 3.56. The van der Waals surface area contributed by atoms with Gasteiger partial charge in [-0.3, -0.25) is 14.4 Å². The highest BCUT2D eigenvalue weighted by molar-refractivity contribution is 5.98. The van der Waals surface area contributed by atoms with Crippen molar-refractivity contribution in [1.82, 2.24) is 9.97 Å². The second kappa shape index (κ2) is 10.3. The normalized spacial score (nSPS) is 12.4. The van der Waals surface area contributed by atoms with Gasteiger partial charge in [0.1, 0.15) is 23.7 Å². The van der Waals surface area contributed by atoms with E-state index in [4.69, 9.17) is 0 Å². The van der Waals surface area contributed by atoms with Gasteiger partial charge in [0.2, 0.25) is 5.56 Å². The van der Waals surface area contributed by atoms with Crippen molar-refractivity contribution in [2.75, 3.05) is 7.11 Å². The van der Waals surface area contributed by atoms with Crippen LogP contribution in [0, 0.1) is 5.82 Å². The van der Waals surface area contributed by atoms with Gasteiger partial charge in [0.15, 0.2) is 0 Å². The van der Waals surface area contributed by atoms with Crippen molar-refractivity contribution in [2.45, 2.75) is 38.7 Å². The van der Waals surface area contributed by atoms with Crippen LogP contribution in [0.5, 0.6) is 0 Å². The molecule has 1 atom stereocenters. The SMILES string of the molecule is COC(=O)CC(=O)CC(O)/C=C/c1c(C(C)C)nc2[nH]c(=O)ccc2c1-c1ccc(F)cc1. The number of methoxy groups -OCH3 is 1. The number of esters is 1. The number of nitrogens with one attached hydrogen (secondary N) is 1. The van der Waals surface area contributed by atoms with Gasteiger partial charge in [-0.25, -0.2) is 9.37 Å². The topological polar surface area (TPSA) is 109 Å². The Morgan fingerprint density at radius 3 is 2.52 bits per heavy atom. The van der Waals surface area contributed by atoms with Gasteiger partial charge in [0.05, 0.1) is 18.9 Å². The minimum atomic E-state index is -1.13. The van der Waals surface area contributed by atoms with Crippen molar-refractivity contribution in [3.63, 3.8) is 0 Å². The van der Waals surface area contributed by atoms with Crippen LogP contribution < -0.4 is 5.56 Å². The number of halogens is 1. The van der Waals surface area contributed by atoms with Crippen LogP contribution in [0.2, 0.25) is 0 Å². The molecule has 8 heteroatoms. The Morgan fingerprint density at radius 2 is 1.88 bits per heavy atom. The fraction of sp³-hybridized carbons (Fsp3) is 0.280. The summed E-state index contributed by atoms with van der Waals surface area (Å²) in [4.78, 5) is 42.5. The summed E-state index contributed by atoms with van der Waals surface area (Å²) in [5.74, 6) is -1.54. The fourth-order valence-corrected chi connectivity index (χ4v) is 3.56. The number of hydrogen-bond donors (Lipinski definition) is 2. The number of aromatic amines is 1. The molecule has 0 aliphatic rings. The van der Waals surface area contributed by atoms with Gasteiger partial charge in [0.25, 0.3) is 0 Å². The van der Waals surface area contributed by atoms with Crippen LogP contribution in [0.25, 0.3) is 28.2 Å². The molecule has 0 bridgehead atoms. The molecule has 0 fully saturated rings. The molecule has 0 saturated carbocycles. The summed E-state index contributed by atoms with van der Waals surface area (Å²) < 4.78 is 18.1. The molecule has 7 nitrogen and oxygen atoms in total. The third-order valence-electron chi connectivity index (χ3n) is 5.12. The Morgan fingerprint density at radius 1 is 1.18 bits per heavy atom. The molecule has 0 saturated heterocycles. The van der Waals surface area contributed by atoms with Gasteiger partial charge < -0.3 is 14.8 Å². The summed E-state index contributed by atoms with van der Waals surface area (Å²) in [5, 5.41) is 11.0. The quantitative estimate of drug-likeness (QED) is 0.398. The van der Waals surface area contributed by atoms with E-state index in [0.29, 0.717) is 33.4 Å². The van der Waals surface area contributed by atoms with Crippen LogP contribution in [0.4, 0.5) is 4.39 Å². The molecule has 3 aromatic rings. The van der Waals surface area contributed by atoms with Gasteiger partial charge in [0, 0.05) is 29.0 Å². The van der Waals surface area contributed by atoms with E-state index in [1.807, 2.05) is 13.8 Å². The number of H-pyrrole nitrogens is 1. The molecular formula is C25H25FN2O5. The highest BCUT2D eigenvalue weighted by Gasteiger charge is 2.19. The van der Waals surface area contributed by atoms with Crippen LogP contribution >= 0.6 is 0 Å². The second-order valence-corrected chi connectivity index (χ2v) is 7.95. The van der Waals surface area contributed by atoms with E-state index in [0.717, 1.165) is 0 Å². The van der Waals surface area contributed by atoms with Crippen molar-refractivity contribution >= 4 is 28.9 Å². The van der Waals surface area contributed by atoms with Crippen molar-refractivity contribution in [1.29, 1.82) is 0 Å². The number of hydrogen-bond acceptors (Lipinski definition) is 6. The molecule has 33 heavy (non-hydrogen) atoms. The number of carbonyl (C=O) groups is 2. The van der Waals surface area contributed by atoms with E-state index in [-0.39, 0.29) is 23.7 Å². The average Bonchev–Trinajstić information content (AvgIpc) is 2.77. The number of pyridine rings is 2. The number of aliphatic hydroxyl groups is 1. The molecule has 1 aromatic carbocycles. The third kappa shape index (κ3) is 5.78. The summed E-state index contributed by atoms with van der Waals surface area (Å²) in [6, 6.07) is 8.99. The number of rotatable bonds is 8. The monoisotopic (exact) mass is 452 g/mol. The zero-order chi connectivity index (χ0) is 24.1. The number of benzene rings is 1. The number of aliphatic hydroxyl groups excluding tert-OH is 1. The van der Waals surface area contributed by atoms with Crippen LogP contribution in [0.1, 0.15) is 43.9 Å². The lowest BCUT2D eigenvalue weighted by Gasteiger charge is -2.17. The molecule has 3 rings (SSSR count). The zero-order valence-electron chi connectivity index (χ0n) is 18.6. The number of Topliss-reactive ketones (excluding diaryl/α,β-unsaturated/α-hetero) is 1. The van der Waals surface area contributed by atoms with E-state index >= 15 is 0 Å². The Hall–Kier alpha value is -3.65. The Labute approximate surface area is 189 Å². The predicted molar refractivity (Wildman–Crippen MR) is 123 cm³/mol. The first kappa shape index (κ1) is 24.0. The number of ketones is 1. The summed E-state index contributed by atoms with van der Waals surface area (Å²) in [7, 11) is 1.19. The van der Waals surface area contributed by atoms with Crippen LogP contribution in [0.3, 0.4) is 0 Å². The summed E-state index contributed by atoms with van der Waals surface area (Å²) in [5.41, 5.74) is 2.86. The number of nitrogens with zero attached hydrogens (tertiary/aromatic N) is 1. The molecule has 2 N–H and O–H groups in total. The molecule has 2 aromatic heterocycles. The standard InChI is InChI=1S/C25H25FN2O5/c1-14(2)24-19(9-8-17(29)12-18(30)13-22(32)33-3)23(15-4-6-16(26)7-5-15)20-10-11-21(31)27-25(20)28-24/h4-11,14,17,29H,12-13H2,1-3H3,(H,27,28,31)/b9-8+. The maximum atomic E-state index is 13.6. The molecular weight excluding hydrogens is 427 g/mol. The van der Waals surface area contributed by atoms with Crippen molar-refractivity contribution in [2.24, 2.45) is 0 Å². The maximum absolute atomic E-state index is 13.6. The van der Waals surface area contributed by atoms with Crippen LogP contribution in [-0.2, 0) is 14.3 Å². The van der Waals surface area contributed by atoms with Crippen LogP contribution in [0.15, 0.2) is 47.3 Å². The molecule has 0 amide bonds. The molecule has 2 heterocycles. The maximum Gasteiger partial charge on any atom is 0.313 e. The smallest absolute Gasteiger partial charge is 0.313 e. The van der Waals surface area contributed by atoms with Crippen LogP contribution in [-0.4, -0.2) is 40.0 Å². The van der Waals surface area contributed by atoms with Crippen molar-refractivity contribution < 1.29 is 23.8 Å². The van der Waals surface area contributed by atoms with E-state index in [1.165, 1.54) is 31.4 Å². The first-order chi connectivity index (χ1) is 15.7. The number of ether oxygens (including phenoxy) is 1. The lowest BCUT2D eigenvalue weighted by molar-refractivity contribution is -0.143. The van der Waals surface area contributed by atoms with Gasteiger partial charge in [-0.2, -0.15) is 0 Å². The first-order valence-corrected chi connectivity index (χ1v) is 10.5. The van der Waals surface area contributed by atoms with Gasteiger partial charge in [-0.1, -0.05) is 38.1 Å². The Balaban J connectivity index is 2.12. The summed E-state index contributed by atoms with van der Waals surface area (Å²) in [6.07, 6.45) is 1.34. The Bertz CT molecular complexity index is 1260. The van der Waals surface area contributed by atoms with Gasteiger partial charge >= 0.3 is 5.97 Å². The third-order valence-corrected chi connectivity index (χ3v) is 5.12. The first-order valence-electron chi connectivity index (χ1n) is 10.5. The highest BCUT2D eigenvalue weighted by Crippen LogP contribution is 2.35. The van der Waals surface area contributed by atoms with Gasteiger partial charge in [-0.05, 0) is 29.7 Å². The molecule has 0 spiro atoms. The molecule has 0 aliphatic heterocycles. The number of aromatic nitrogens is 2. The molecule has 0 aliphatic carbocycles. The molecule has 1 unspecified atom stereocenters. The number of fused-ring (bicyclic) bond motifs is 1. The van der Waals surface area contributed by atoms with Crippen molar-refractivity contribution in [3.05, 3.63) is 69.9 Å². The second-order valence-electron chi connectivity index (χ2n) is 7.95.